The minimum Gasteiger partial charge on any atom is -0.496 e. The van der Waals surface area contributed by atoms with E-state index in [0.29, 0.717) is 5.69 Å². The lowest BCUT2D eigenvalue weighted by molar-refractivity contribution is -0.136. The molecule has 20 heavy (non-hydrogen) atoms. The number of ether oxygens (including phenoxy) is 1. The average molecular weight is 274 g/mol. The lowest BCUT2D eigenvalue weighted by Crippen LogP contribution is -2.01. The topological polar surface area (TPSA) is 64.3 Å². The van der Waals surface area contributed by atoms with Crippen molar-refractivity contribution < 1.29 is 14.6 Å². The van der Waals surface area contributed by atoms with E-state index >= 15 is 0 Å². The molecule has 0 aliphatic rings. The first-order valence-corrected chi connectivity index (χ1v) is 6.32. The third-order valence-corrected chi connectivity index (χ3v) is 3.35. The lowest BCUT2D eigenvalue weighted by atomic mass is 10.0. The number of nitrogens with zero attached hydrogens (tertiary/aromatic N) is 2. The molecule has 0 aliphatic heterocycles. The first-order chi connectivity index (χ1) is 9.42. The first kappa shape index (κ1) is 14.1. The number of aryl methyl sites for hydroxylation is 3. The van der Waals surface area contributed by atoms with Gasteiger partial charge in [0.1, 0.15) is 5.75 Å². The zero-order chi connectivity index (χ0) is 14.9. The van der Waals surface area contributed by atoms with E-state index in [2.05, 4.69) is 5.10 Å². The van der Waals surface area contributed by atoms with Gasteiger partial charge in [-0.25, -0.2) is 0 Å². The molecule has 0 fully saturated rings. The Morgan fingerprint density at radius 1 is 1.30 bits per heavy atom. The molecular formula is C15H18N2O3. The van der Waals surface area contributed by atoms with Crippen LogP contribution in [0.4, 0.5) is 0 Å². The molecule has 0 bridgehead atoms. The molecular weight excluding hydrogens is 256 g/mol. The van der Waals surface area contributed by atoms with E-state index < -0.39 is 5.97 Å². The number of aliphatic carboxylic acids is 1. The van der Waals surface area contributed by atoms with Crippen LogP contribution in [-0.2, 0) is 18.3 Å². The molecule has 0 saturated heterocycles. The van der Waals surface area contributed by atoms with Gasteiger partial charge in [-0.1, -0.05) is 0 Å². The molecule has 2 aromatic rings. The second-order valence-electron chi connectivity index (χ2n) is 4.85. The van der Waals surface area contributed by atoms with Crippen molar-refractivity contribution in [2.24, 2.45) is 7.05 Å². The van der Waals surface area contributed by atoms with Crippen LogP contribution in [0.5, 0.6) is 5.75 Å². The number of carboxylic acid groups (broad SMARTS) is 1. The Morgan fingerprint density at radius 2 is 1.95 bits per heavy atom. The highest BCUT2D eigenvalue weighted by Crippen LogP contribution is 2.32. The van der Waals surface area contributed by atoms with Crippen LogP contribution in [0.15, 0.2) is 18.2 Å². The summed E-state index contributed by atoms with van der Waals surface area (Å²) in [6.07, 6.45) is -0.0823. The predicted octanol–water partition coefficient (Wildman–Crippen LogP) is 2.34. The van der Waals surface area contributed by atoms with Gasteiger partial charge in [-0.15, -0.1) is 0 Å². The van der Waals surface area contributed by atoms with Gasteiger partial charge in [-0.05, 0) is 43.2 Å². The monoisotopic (exact) mass is 274 g/mol. The van der Waals surface area contributed by atoms with E-state index in [1.165, 1.54) is 0 Å². The van der Waals surface area contributed by atoms with Crippen molar-refractivity contribution in [2.75, 3.05) is 7.11 Å². The molecule has 0 saturated carbocycles. The largest absolute Gasteiger partial charge is 0.496 e. The van der Waals surface area contributed by atoms with Crippen molar-refractivity contribution in [2.45, 2.75) is 20.3 Å². The number of hydrogen-bond acceptors (Lipinski definition) is 3. The summed E-state index contributed by atoms with van der Waals surface area (Å²) in [6.45, 7) is 4.06. The highest BCUT2D eigenvalue weighted by Gasteiger charge is 2.15. The van der Waals surface area contributed by atoms with Crippen LogP contribution in [0, 0.1) is 13.8 Å². The van der Waals surface area contributed by atoms with Gasteiger partial charge in [0.15, 0.2) is 0 Å². The Morgan fingerprint density at radius 3 is 2.55 bits per heavy atom. The SMILES string of the molecule is COc1cc(C)c(C)cc1-c1cc(CC(=O)O)nn1C. The third-order valence-electron chi connectivity index (χ3n) is 3.35. The smallest absolute Gasteiger partial charge is 0.309 e. The van der Waals surface area contributed by atoms with E-state index in [1.54, 1.807) is 24.9 Å². The molecule has 1 aromatic heterocycles. The molecule has 0 amide bonds. The molecule has 1 heterocycles. The van der Waals surface area contributed by atoms with Crippen LogP contribution >= 0.6 is 0 Å². The molecule has 2 rings (SSSR count). The van der Waals surface area contributed by atoms with Crippen LogP contribution in [0.25, 0.3) is 11.3 Å². The highest BCUT2D eigenvalue weighted by molar-refractivity contribution is 5.73. The van der Waals surface area contributed by atoms with Gasteiger partial charge < -0.3 is 9.84 Å². The van der Waals surface area contributed by atoms with E-state index in [4.69, 9.17) is 9.84 Å². The molecule has 0 unspecified atom stereocenters. The van der Waals surface area contributed by atoms with E-state index in [1.807, 2.05) is 26.0 Å². The number of methoxy groups -OCH3 is 1. The number of hydrogen-bond donors (Lipinski definition) is 1. The maximum Gasteiger partial charge on any atom is 0.309 e. The summed E-state index contributed by atoms with van der Waals surface area (Å²) in [7, 11) is 3.43. The number of carbonyl (C=O) groups is 1. The molecule has 0 atom stereocenters. The fourth-order valence-corrected chi connectivity index (χ4v) is 2.18. The quantitative estimate of drug-likeness (QED) is 0.929. The molecule has 5 heteroatoms. The first-order valence-electron chi connectivity index (χ1n) is 6.32. The molecule has 5 nitrogen and oxygen atoms in total. The fraction of sp³-hybridized carbons (Fsp3) is 0.333. The number of aromatic nitrogens is 2. The lowest BCUT2D eigenvalue weighted by Gasteiger charge is -2.11. The number of rotatable bonds is 4. The summed E-state index contributed by atoms with van der Waals surface area (Å²) < 4.78 is 7.11. The second-order valence-corrected chi connectivity index (χ2v) is 4.85. The summed E-state index contributed by atoms with van der Waals surface area (Å²) in [6, 6.07) is 5.81. The van der Waals surface area contributed by atoms with Crippen molar-refractivity contribution >= 4 is 5.97 Å². The molecule has 1 aromatic carbocycles. The predicted molar refractivity (Wildman–Crippen MR) is 76.0 cm³/mol. The zero-order valence-corrected chi connectivity index (χ0v) is 12.1. The Kier molecular flexibility index (Phi) is 3.79. The van der Waals surface area contributed by atoms with Gasteiger partial charge in [0.2, 0.25) is 0 Å². The molecule has 0 spiro atoms. The molecule has 1 N–H and O–H groups in total. The van der Waals surface area contributed by atoms with Gasteiger partial charge in [-0.3, -0.25) is 9.48 Å². The number of carboxylic acids is 1. The highest BCUT2D eigenvalue weighted by atomic mass is 16.5. The van der Waals surface area contributed by atoms with E-state index in [0.717, 1.165) is 28.1 Å². The zero-order valence-electron chi connectivity index (χ0n) is 12.1. The van der Waals surface area contributed by atoms with Gasteiger partial charge in [0.25, 0.3) is 0 Å². The maximum atomic E-state index is 10.8. The van der Waals surface area contributed by atoms with Gasteiger partial charge in [-0.2, -0.15) is 5.10 Å². The average Bonchev–Trinajstić information content (AvgIpc) is 2.72. The van der Waals surface area contributed by atoms with Crippen LogP contribution in [-0.4, -0.2) is 28.0 Å². The summed E-state index contributed by atoms with van der Waals surface area (Å²) in [5, 5.41) is 13.1. The van der Waals surface area contributed by atoms with Crippen LogP contribution in [0.2, 0.25) is 0 Å². The Balaban J connectivity index is 2.53. The summed E-state index contributed by atoms with van der Waals surface area (Å²) >= 11 is 0. The van der Waals surface area contributed by atoms with Crippen LogP contribution < -0.4 is 4.74 Å². The molecule has 0 aliphatic carbocycles. The third kappa shape index (κ3) is 2.66. The summed E-state index contributed by atoms with van der Waals surface area (Å²) in [4.78, 5) is 10.8. The van der Waals surface area contributed by atoms with Crippen LogP contribution in [0.3, 0.4) is 0 Å². The minimum absolute atomic E-state index is 0.0823. The van der Waals surface area contributed by atoms with Crippen molar-refractivity contribution in [3.63, 3.8) is 0 Å². The fourth-order valence-electron chi connectivity index (χ4n) is 2.18. The normalized spacial score (nSPS) is 10.6. The van der Waals surface area contributed by atoms with E-state index in [9.17, 15) is 4.79 Å². The Bertz CT molecular complexity index is 659. The summed E-state index contributed by atoms with van der Waals surface area (Å²) in [5.41, 5.74) is 4.61. The van der Waals surface area contributed by atoms with Crippen molar-refractivity contribution in [1.29, 1.82) is 0 Å². The molecule has 106 valence electrons. The second kappa shape index (κ2) is 5.36. The van der Waals surface area contributed by atoms with Crippen LogP contribution in [0.1, 0.15) is 16.8 Å². The van der Waals surface area contributed by atoms with Crippen molar-refractivity contribution in [3.05, 3.63) is 35.0 Å². The van der Waals surface area contributed by atoms with Gasteiger partial charge in [0, 0.05) is 12.6 Å². The van der Waals surface area contributed by atoms with E-state index in [-0.39, 0.29) is 6.42 Å². The van der Waals surface area contributed by atoms with Gasteiger partial charge >= 0.3 is 5.97 Å². The van der Waals surface area contributed by atoms with Crippen molar-refractivity contribution in [1.82, 2.24) is 9.78 Å². The molecule has 0 radical (unpaired) electrons. The maximum absolute atomic E-state index is 10.8. The number of benzene rings is 1. The van der Waals surface area contributed by atoms with Crippen molar-refractivity contribution in [3.8, 4) is 17.0 Å². The van der Waals surface area contributed by atoms with Gasteiger partial charge in [0.05, 0.1) is 24.9 Å². The summed E-state index contributed by atoms with van der Waals surface area (Å²) in [5.74, 6) is -0.125. The Labute approximate surface area is 117 Å². The minimum atomic E-state index is -0.887. The standard InChI is InChI=1S/C15H18N2O3/c1-9-5-12(14(20-4)6-10(9)2)13-7-11(8-15(18)19)16-17(13)3/h5-7H,8H2,1-4H3,(H,18,19). The Hall–Kier alpha value is -2.30.